The number of hydrogen-bond donors (Lipinski definition) is 2. The van der Waals surface area contributed by atoms with Crippen LogP contribution in [0.5, 0.6) is 0 Å². The summed E-state index contributed by atoms with van der Waals surface area (Å²) in [5, 5.41) is -0.180. The Labute approximate surface area is 126 Å². The minimum atomic E-state index is -3.96. The number of nitrogens with one attached hydrogen (secondary N) is 1. The zero-order chi connectivity index (χ0) is 15.8. The molecule has 0 saturated carbocycles. The van der Waals surface area contributed by atoms with Crippen molar-refractivity contribution in [1.82, 2.24) is 9.55 Å². The van der Waals surface area contributed by atoms with E-state index < -0.39 is 15.8 Å². The third-order valence-electron chi connectivity index (χ3n) is 2.86. The third kappa shape index (κ3) is 3.19. The van der Waals surface area contributed by atoms with E-state index in [1.54, 1.807) is 18.5 Å². The third-order valence-corrected chi connectivity index (χ3v) is 4.33. The summed E-state index contributed by atoms with van der Waals surface area (Å²) < 4.78 is 41.8. The molecule has 0 unspecified atom stereocenters. The maximum atomic E-state index is 13.9. The second-order valence-corrected chi connectivity index (χ2v) is 6.47. The van der Waals surface area contributed by atoms with Gasteiger partial charge in [-0.3, -0.25) is 4.72 Å². The summed E-state index contributed by atoms with van der Waals surface area (Å²) in [6.45, 7) is 1.66. The van der Waals surface area contributed by atoms with Crippen LogP contribution in [0.4, 0.5) is 10.1 Å². The van der Waals surface area contributed by atoms with Gasteiger partial charge in [0.05, 0.1) is 5.69 Å². The Bertz CT molecular complexity index is 795. The van der Waals surface area contributed by atoms with E-state index in [1.165, 1.54) is 18.3 Å². The fourth-order valence-electron chi connectivity index (χ4n) is 1.60. The molecule has 2 rings (SSSR count). The molecule has 112 valence electrons. The highest BCUT2D eigenvalue weighted by Gasteiger charge is 2.20. The quantitative estimate of drug-likeness (QED) is 0.826. The lowest BCUT2D eigenvalue weighted by atomic mass is 10.2. The van der Waals surface area contributed by atoms with Crippen molar-refractivity contribution in [2.45, 2.75) is 11.9 Å². The van der Waals surface area contributed by atoms with Gasteiger partial charge in [-0.15, -0.1) is 0 Å². The topological polar surface area (TPSA) is 90.0 Å². The average molecular weight is 328 g/mol. The van der Waals surface area contributed by atoms with Crippen LogP contribution in [0.25, 0.3) is 0 Å². The highest BCUT2D eigenvalue weighted by molar-refractivity contribution is 7.92. The minimum absolute atomic E-state index is 0.0312. The molecule has 21 heavy (non-hydrogen) atoms. The van der Waals surface area contributed by atoms with E-state index in [1.807, 2.05) is 0 Å². The number of hydrogen-bond acceptors (Lipinski definition) is 4. The first-order valence-corrected chi connectivity index (χ1v) is 7.72. The smallest absolute Gasteiger partial charge is 0.281 e. The largest absolute Gasteiger partial charge is 0.389 e. The van der Waals surface area contributed by atoms with Crippen LogP contribution in [-0.2, 0) is 17.1 Å². The van der Waals surface area contributed by atoms with Gasteiger partial charge >= 0.3 is 0 Å². The molecule has 0 fully saturated rings. The number of nitrogens with zero attached hydrogens (tertiary/aromatic N) is 2. The number of thiocarbonyl (C=S) groups is 1. The van der Waals surface area contributed by atoms with Crippen LogP contribution in [0.15, 0.2) is 29.4 Å². The predicted octanol–water partition coefficient (Wildman–Crippen LogP) is 1.30. The first kappa shape index (κ1) is 15.4. The van der Waals surface area contributed by atoms with E-state index >= 15 is 0 Å². The normalized spacial score (nSPS) is 11.4. The first-order valence-electron chi connectivity index (χ1n) is 5.83. The zero-order valence-corrected chi connectivity index (χ0v) is 12.9. The summed E-state index contributed by atoms with van der Waals surface area (Å²) in [5.41, 5.74) is 5.51. The van der Waals surface area contributed by atoms with Crippen molar-refractivity contribution in [2.24, 2.45) is 12.8 Å². The van der Waals surface area contributed by atoms with Gasteiger partial charge in [0.1, 0.15) is 16.6 Å². The van der Waals surface area contributed by atoms with E-state index in [9.17, 15) is 12.8 Å². The Morgan fingerprint density at radius 2 is 2.14 bits per heavy atom. The van der Waals surface area contributed by atoms with Gasteiger partial charge in [-0.1, -0.05) is 12.2 Å². The maximum Gasteiger partial charge on any atom is 0.281 e. The Kier molecular flexibility index (Phi) is 3.97. The van der Waals surface area contributed by atoms with Gasteiger partial charge in [0.15, 0.2) is 5.03 Å². The number of sulfonamides is 1. The summed E-state index contributed by atoms with van der Waals surface area (Å²) in [5.74, 6) is -0.240. The number of halogens is 1. The molecule has 1 aromatic carbocycles. The fourth-order valence-corrected chi connectivity index (χ4v) is 2.84. The molecule has 0 spiro atoms. The second kappa shape index (κ2) is 5.41. The Balaban J connectivity index is 2.35. The van der Waals surface area contributed by atoms with Crippen LogP contribution in [0.3, 0.4) is 0 Å². The standard InChI is InChI=1S/C12H13FN4O2S2/c1-7-15-11(6-17(7)2)21(18,19)16-10-4-3-8(12(14)20)5-9(10)13/h3-6,16H,1-2H3,(H2,14,20). The highest BCUT2D eigenvalue weighted by atomic mass is 32.2. The summed E-state index contributed by atoms with van der Waals surface area (Å²) in [6, 6.07) is 3.77. The van der Waals surface area contributed by atoms with Crippen molar-refractivity contribution in [3.05, 3.63) is 41.6 Å². The Hall–Kier alpha value is -2.00. The number of benzene rings is 1. The summed E-state index contributed by atoms with van der Waals surface area (Å²) >= 11 is 4.73. The molecule has 0 aliphatic heterocycles. The summed E-state index contributed by atoms with van der Waals surface area (Å²) in [6.07, 6.45) is 1.35. The van der Waals surface area contributed by atoms with Crippen LogP contribution >= 0.6 is 12.2 Å². The van der Waals surface area contributed by atoms with Crippen LogP contribution in [0.1, 0.15) is 11.4 Å². The zero-order valence-electron chi connectivity index (χ0n) is 11.3. The number of aromatic nitrogens is 2. The van der Waals surface area contributed by atoms with E-state index in [2.05, 4.69) is 9.71 Å². The molecular weight excluding hydrogens is 315 g/mol. The Morgan fingerprint density at radius 3 is 2.62 bits per heavy atom. The van der Waals surface area contributed by atoms with Crippen molar-refractivity contribution in [1.29, 1.82) is 0 Å². The Morgan fingerprint density at radius 1 is 1.48 bits per heavy atom. The van der Waals surface area contributed by atoms with E-state index in [-0.39, 0.29) is 15.7 Å². The molecule has 0 bridgehead atoms. The summed E-state index contributed by atoms with van der Waals surface area (Å²) in [7, 11) is -2.29. The molecule has 3 N–H and O–H groups in total. The lowest BCUT2D eigenvalue weighted by Crippen LogP contribution is -2.15. The van der Waals surface area contributed by atoms with Crippen molar-refractivity contribution in [3.8, 4) is 0 Å². The molecule has 9 heteroatoms. The molecule has 0 aliphatic rings. The molecule has 2 aromatic rings. The van der Waals surface area contributed by atoms with Gasteiger partial charge < -0.3 is 10.3 Å². The molecule has 0 saturated heterocycles. The summed E-state index contributed by atoms with van der Waals surface area (Å²) in [4.78, 5) is 3.93. The molecule has 1 aromatic heterocycles. The van der Waals surface area contributed by atoms with Gasteiger partial charge in [0, 0.05) is 18.8 Å². The minimum Gasteiger partial charge on any atom is -0.389 e. The van der Waals surface area contributed by atoms with E-state index in [4.69, 9.17) is 18.0 Å². The molecule has 0 radical (unpaired) electrons. The van der Waals surface area contributed by atoms with Gasteiger partial charge in [-0.05, 0) is 25.1 Å². The van der Waals surface area contributed by atoms with E-state index in [0.717, 1.165) is 6.07 Å². The highest BCUT2D eigenvalue weighted by Crippen LogP contribution is 2.20. The number of rotatable bonds is 4. The van der Waals surface area contributed by atoms with Crippen LogP contribution in [-0.4, -0.2) is 23.0 Å². The first-order chi connectivity index (χ1) is 9.70. The maximum absolute atomic E-state index is 13.9. The molecular formula is C12H13FN4O2S2. The number of nitrogens with two attached hydrogens (primary N) is 1. The van der Waals surface area contributed by atoms with Crippen molar-refractivity contribution >= 4 is 32.9 Å². The van der Waals surface area contributed by atoms with Crippen molar-refractivity contribution in [2.75, 3.05) is 4.72 Å². The average Bonchev–Trinajstić information content (AvgIpc) is 2.72. The molecule has 0 amide bonds. The predicted molar refractivity (Wildman–Crippen MR) is 81.0 cm³/mol. The number of imidazole rings is 1. The SMILES string of the molecule is Cc1nc(S(=O)(=O)Nc2ccc(C(N)=S)cc2F)cn1C. The molecule has 0 atom stereocenters. The monoisotopic (exact) mass is 328 g/mol. The lowest BCUT2D eigenvalue weighted by molar-refractivity contribution is 0.595. The van der Waals surface area contributed by atoms with Gasteiger partial charge in [0.25, 0.3) is 10.0 Å². The van der Waals surface area contributed by atoms with E-state index in [0.29, 0.717) is 11.4 Å². The van der Waals surface area contributed by atoms with Gasteiger partial charge in [0.2, 0.25) is 0 Å². The van der Waals surface area contributed by atoms with Crippen molar-refractivity contribution in [3.63, 3.8) is 0 Å². The van der Waals surface area contributed by atoms with Crippen LogP contribution < -0.4 is 10.5 Å². The lowest BCUT2D eigenvalue weighted by Gasteiger charge is -2.08. The molecule has 0 aliphatic carbocycles. The van der Waals surface area contributed by atoms with Crippen molar-refractivity contribution < 1.29 is 12.8 Å². The molecule has 1 heterocycles. The number of anilines is 1. The fraction of sp³-hybridized carbons (Fsp3) is 0.167. The van der Waals surface area contributed by atoms with Gasteiger partial charge in [-0.2, -0.15) is 8.42 Å². The van der Waals surface area contributed by atoms with Crippen LogP contribution in [0, 0.1) is 12.7 Å². The molecule has 6 nitrogen and oxygen atoms in total. The van der Waals surface area contributed by atoms with Gasteiger partial charge in [-0.25, -0.2) is 9.37 Å². The number of aryl methyl sites for hydroxylation is 2. The second-order valence-electron chi connectivity index (χ2n) is 4.40. The van der Waals surface area contributed by atoms with Crippen LogP contribution in [0.2, 0.25) is 0 Å².